The molecule has 0 radical (unpaired) electrons. The van der Waals surface area contributed by atoms with E-state index in [1.807, 2.05) is 0 Å². The second-order valence-electron chi connectivity index (χ2n) is 3.79. The van der Waals surface area contributed by atoms with E-state index in [-0.39, 0.29) is 11.6 Å². The number of aliphatic hydroxyl groups excluding tert-OH is 1. The van der Waals surface area contributed by atoms with E-state index < -0.39 is 11.9 Å². The zero-order chi connectivity index (χ0) is 14.3. The predicted octanol–water partition coefficient (Wildman–Crippen LogP) is 0.839. The number of rotatable bonds is 7. The first kappa shape index (κ1) is 15.2. The van der Waals surface area contributed by atoms with Crippen molar-refractivity contribution in [3.63, 3.8) is 0 Å². The van der Waals surface area contributed by atoms with E-state index in [4.69, 9.17) is 15.2 Å². The molecule has 106 valence electrons. The van der Waals surface area contributed by atoms with Crippen LogP contribution < -0.4 is 11.4 Å². The quantitative estimate of drug-likeness (QED) is 0.711. The van der Waals surface area contributed by atoms with Crippen LogP contribution in [0, 0.1) is 0 Å². The number of aliphatic hydroxyl groups is 1. The number of hydrogen-bond donors (Lipinski definition) is 2. The number of ether oxygens (including phenoxy) is 2. The molecule has 7 nitrogen and oxygen atoms in total. The van der Waals surface area contributed by atoms with Gasteiger partial charge in [0.1, 0.15) is 5.82 Å². The number of nitrogen functional groups attached to an aromatic ring is 1. The summed E-state index contributed by atoms with van der Waals surface area (Å²) >= 11 is 0. The highest BCUT2D eigenvalue weighted by atomic mass is 16.5. The Morgan fingerprint density at radius 3 is 3.00 bits per heavy atom. The summed E-state index contributed by atoms with van der Waals surface area (Å²) < 4.78 is 11.5. The summed E-state index contributed by atoms with van der Waals surface area (Å²) in [6.45, 7) is 2.56. The van der Waals surface area contributed by atoms with Crippen LogP contribution in [0.15, 0.2) is 28.9 Å². The molecule has 19 heavy (non-hydrogen) atoms. The average molecular weight is 269 g/mol. The molecule has 0 fully saturated rings. The van der Waals surface area contributed by atoms with Crippen LogP contribution in [-0.2, 0) is 9.47 Å². The number of nitrogens with zero attached hydrogens (tertiary/aromatic N) is 2. The largest absolute Gasteiger partial charge is 0.512 e. The first-order valence-electron chi connectivity index (χ1n) is 5.93. The molecule has 1 heterocycles. The van der Waals surface area contributed by atoms with Gasteiger partial charge < -0.3 is 20.3 Å². The zero-order valence-electron chi connectivity index (χ0n) is 11.1. The minimum atomic E-state index is -0.720. The molecular weight excluding hydrogens is 250 g/mol. The van der Waals surface area contributed by atoms with Gasteiger partial charge >= 0.3 is 5.69 Å². The lowest BCUT2D eigenvalue weighted by molar-refractivity contribution is 0.0404. The average Bonchev–Trinajstić information content (AvgIpc) is 2.36. The second kappa shape index (κ2) is 7.55. The Balaban J connectivity index is 2.96. The third kappa shape index (κ3) is 4.72. The summed E-state index contributed by atoms with van der Waals surface area (Å²) in [5.41, 5.74) is 4.89. The zero-order valence-corrected chi connectivity index (χ0v) is 11.1. The Morgan fingerprint density at radius 1 is 1.68 bits per heavy atom. The molecule has 0 aliphatic heterocycles. The van der Waals surface area contributed by atoms with Crippen LogP contribution >= 0.6 is 0 Å². The van der Waals surface area contributed by atoms with Gasteiger partial charge in [-0.25, -0.2) is 4.79 Å². The molecule has 0 saturated carbocycles. The summed E-state index contributed by atoms with van der Waals surface area (Å²) in [5, 5.41) is 9.72. The van der Waals surface area contributed by atoms with Crippen LogP contribution in [-0.4, -0.2) is 35.0 Å². The third-order valence-electron chi connectivity index (χ3n) is 2.36. The Hall–Kier alpha value is -1.86. The van der Waals surface area contributed by atoms with Crippen LogP contribution in [0.1, 0.15) is 19.6 Å². The lowest BCUT2D eigenvalue weighted by atomic mass is 10.3. The van der Waals surface area contributed by atoms with Crippen LogP contribution in [0.4, 0.5) is 5.82 Å². The first-order chi connectivity index (χ1) is 9.08. The molecule has 1 aromatic heterocycles. The van der Waals surface area contributed by atoms with Crippen LogP contribution in [0.3, 0.4) is 0 Å². The SMILES string of the molecule is CCO[C@H](/C=C(/O)CCOC)n1ccc(N)nc1=O. The summed E-state index contributed by atoms with van der Waals surface area (Å²) in [4.78, 5) is 15.3. The normalized spacial score (nSPS) is 13.5. The smallest absolute Gasteiger partial charge is 0.351 e. The number of methoxy groups -OCH3 is 1. The topological polar surface area (TPSA) is 99.6 Å². The van der Waals surface area contributed by atoms with Crippen molar-refractivity contribution in [1.82, 2.24) is 9.55 Å². The highest BCUT2D eigenvalue weighted by Crippen LogP contribution is 2.12. The van der Waals surface area contributed by atoms with Gasteiger partial charge in [-0.3, -0.25) is 4.57 Å². The minimum Gasteiger partial charge on any atom is -0.512 e. The maximum Gasteiger partial charge on any atom is 0.351 e. The van der Waals surface area contributed by atoms with Crippen molar-refractivity contribution in [2.24, 2.45) is 0 Å². The molecule has 0 saturated heterocycles. The molecule has 1 rings (SSSR count). The number of nitrogens with two attached hydrogens (primary N) is 1. The van der Waals surface area contributed by atoms with Crippen molar-refractivity contribution >= 4 is 5.82 Å². The predicted molar refractivity (Wildman–Crippen MR) is 70.8 cm³/mol. The van der Waals surface area contributed by atoms with E-state index in [0.29, 0.717) is 19.6 Å². The highest BCUT2D eigenvalue weighted by molar-refractivity contribution is 5.23. The summed E-state index contributed by atoms with van der Waals surface area (Å²) in [6.07, 6.45) is 2.55. The molecule has 0 aromatic carbocycles. The van der Waals surface area contributed by atoms with Crippen molar-refractivity contribution in [3.8, 4) is 0 Å². The van der Waals surface area contributed by atoms with E-state index >= 15 is 0 Å². The molecule has 1 atom stereocenters. The maximum absolute atomic E-state index is 11.7. The molecule has 1 aromatic rings. The number of hydrogen-bond acceptors (Lipinski definition) is 6. The molecule has 0 unspecified atom stereocenters. The molecular formula is C12H19N3O4. The third-order valence-corrected chi connectivity index (χ3v) is 2.36. The van der Waals surface area contributed by atoms with Gasteiger partial charge in [-0.15, -0.1) is 0 Å². The van der Waals surface area contributed by atoms with Crippen LogP contribution in [0.5, 0.6) is 0 Å². The fraction of sp³-hybridized carbons (Fsp3) is 0.500. The first-order valence-corrected chi connectivity index (χ1v) is 5.93. The monoisotopic (exact) mass is 269 g/mol. The second-order valence-corrected chi connectivity index (χ2v) is 3.79. The summed E-state index contributed by atoms with van der Waals surface area (Å²) in [7, 11) is 1.54. The van der Waals surface area contributed by atoms with Gasteiger partial charge in [-0.2, -0.15) is 4.98 Å². The molecule has 0 amide bonds. The molecule has 0 aliphatic carbocycles. The Kier molecular flexibility index (Phi) is 6.04. The summed E-state index contributed by atoms with van der Waals surface area (Å²) in [5.74, 6) is 0.230. The van der Waals surface area contributed by atoms with Crippen molar-refractivity contribution in [1.29, 1.82) is 0 Å². The molecule has 3 N–H and O–H groups in total. The maximum atomic E-state index is 11.7. The lowest BCUT2D eigenvalue weighted by Crippen LogP contribution is -2.28. The van der Waals surface area contributed by atoms with Crippen molar-refractivity contribution in [2.45, 2.75) is 19.6 Å². The van der Waals surface area contributed by atoms with E-state index in [1.54, 1.807) is 14.0 Å². The van der Waals surface area contributed by atoms with E-state index in [0.717, 1.165) is 0 Å². The van der Waals surface area contributed by atoms with Crippen molar-refractivity contribution in [3.05, 3.63) is 34.6 Å². The van der Waals surface area contributed by atoms with Gasteiger partial charge in [0.2, 0.25) is 0 Å². The standard InChI is InChI=1S/C12H19N3O4/c1-3-19-11(8-9(16)5-7-18-2)15-6-4-10(13)14-12(15)17/h4,6,8,11,16H,3,5,7H2,1-2H3,(H2,13,14,17)/b9-8+/t11-/m1/s1. The Morgan fingerprint density at radius 2 is 2.42 bits per heavy atom. The van der Waals surface area contributed by atoms with Gasteiger partial charge in [0.25, 0.3) is 0 Å². The van der Waals surface area contributed by atoms with E-state index in [9.17, 15) is 9.90 Å². The van der Waals surface area contributed by atoms with Gasteiger partial charge in [-0.05, 0) is 13.0 Å². The van der Waals surface area contributed by atoms with Gasteiger partial charge in [0.05, 0.1) is 12.4 Å². The lowest BCUT2D eigenvalue weighted by Gasteiger charge is -2.16. The Labute approximate surface area is 111 Å². The van der Waals surface area contributed by atoms with Crippen LogP contribution in [0.25, 0.3) is 0 Å². The minimum absolute atomic E-state index is 0.0871. The highest BCUT2D eigenvalue weighted by Gasteiger charge is 2.11. The van der Waals surface area contributed by atoms with Crippen LogP contribution in [0.2, 0.25) is 0 Å². The molecule has 0 spiro atoms. The molecule has 0 aliphatic rings. The van der Waals surface area contributed by atoms with E-state index in [2.05, 4.69) is 4.98 Å². The molecule has 0 bridgehead atoms. The summed E-state index contributed by atoms with van der Waals surface area (Å²) in [6, 6.07) is 1.49. The molecule has 7 heteroatoms. The van der Waals surface area contributed by atoms with E-state index in [1.165, 1.54) is 22.9 Å². The van der Waals surface area contributed by atoms with Crippen molar-refractivity contribution in [2.75, 3.05) is 26.1 Å². The van der Waals surface area contributed by atoms with Gasteiger partial charge in [0, 0.05) is 32.4 Å². The Bertz CT molecular complexity index is 484. The number of aromatic nitrogens is 2. The van der Waals surface area contributed by atoms with Crippen molar-refractivity contribution < 1.29 is 14.6 Å². The fourth-order valence-electron chi connectivity index (χ4n) is 1.45. The van der Waals surface area contributed by atoms with Gasteiger partial charge in [0.15, 0.2) is 6.23 Å². The van der Waals surface area contributed by atoms with Gasteiger partial charge in [-0.1, -0.05) is 0 Å². The number of anilines is 1. The fourth-order valence-corrected chi connectivity index (χ4v) is 1.45.